The van der Waals surface area contributed by atoms with Crippen LogP contribution >= 0.6 is 0 Å². The van der Waals surface area contributed by atoms with Crippen LogP contribution in [0.4, 0.5) is 0 Å². The quantitative estimate of drug-likeness (QED) is 0.792. The molecule has 0 spiro atoms. The molecule has 2 aromatic rings. The number of nitrogens with one attached hydrogen (secondary N) is 1. The van der Waals surface area contributed by atoms with Crippen molar-refractivity contribution in [3.05, 3.63) is 36.0 Å². The van der Waals surface area contributed by atoms with Crippen LogP contribution in [0.2, 0.25) is 0 Å². The van der Waals surface area contributed by atoms with Gasteiger partial charge in [-0.25, -0.2) is 0 Å². The summed E-state index contributed by atoms with van der Waals surface area (Å²) in [4.78, 5) is 0. The summed E-state index contributed by atoms with van der Waals surface area (Å²) < 4.78 is 2.14. The van der Waals surface area contributed by atoms with Crippen molar-refractivity contribution in [1.82, 2.24) is 9.88 Å². The van der Waals surface area contributed by atoms with Gasteiger partial charge in [0.05, 0.1) is 0 Å². The van der Waals surface area contributed by atoms with E-state index in [1.807, 2.05) is 7.05 Å². The minimum absolute atomic E-state index is 0.232. The van der Waals surface area contributed by atoms with Gasteiger partial charge < -0.3 is 15.6 Å². The molecule has 0 radical (unpaired) electrons. The third kappa shape index (κ3) is 1.64. The van der Waals surface area contributed by atoms with Gasteiger partial charge in [-0.3, -0.25) is 0 Å². The Kier molecular flexibility index (Phi) is 2.75. The first-order valence-electron chi connectivity index (χ1n) is 5.19. The zero-order valence-electron chi connectivity index (χ0n) is 9.20. The summed E-state index contributed by atoms with van der Waals surface area (Å²) in [5.41, 5.74) is 8.27. The normalized spacial score (nSPS) is 13.3. The van der Waals surface area contributed by atoms with E-state index in [0.717, 1.165) is 0 Å². The topological polar surface area (TPSA) is 43.0 Å². The molecule has 3 N–H and O–H groups in total. The molecule has 0 fully saturated rings. The van der Waals surface area contributed by atoms with Crippen LogP contribution < -0.4 is 11.1 Å². The molecule has 15 heavy (non-hydrogen) atoms. The predicted molar refractivity (Wildman–Crippen MR) is 63.8 cm³/mol. The van der Waals surface area contributed by atoms with Gasteiger partial charge in [-0.15, -0.1) is 0 Å². The van der Waals surface area contributed by atoms with Crippen LogP contribution in [0, 0.1) is 0 Å². The number of hydrogen-bond acceptors (Lipinski definition) is 2. The number of para-hydroxylation sites is 1. The minimum Gasteiger partial charge on any atom is -0.350 e. The van der Waals surface area contributed by atoms with E-state index in [-0.39, 0.29) is 6.04 Å². The number of hydrogen-bond donors (Lipinski definition) is 2. The van der Waals surface area contributed by atoms with Gasteiger partial charge >= 0.3 is 0 Å². The Labute approximate surface area is 89.9 Å². The average molecular weight is 203 g/mol. The number of fused-ring (bicyclic) bond motifs is 1. The number of nitrogens with two attached hydrogens (primary N) is 1. The van der Waals surface area contributed by atoms with Gasteiger partial charge in [-0.2, -0.15) is 0 Å². The number of likely N-dealkylation sites (N-methyl/N-ethyl adjacent to an activating group) is 1. The monoisotopic (exact) mass is 203 g/mol. The molecule has 1 aromatic heterocycles. The first-order valence-corrected chi connectivity index (χ1v) is 5.19. The molecule has 0 saturated carbocycles. The molecule has 0 aliphatic rings. The average Bonchev–Trinajstić information content (AvgIpc) is 2.60. The molecule has 2 rings (SSSR count). The SMILES string of the molecule is CNC(CN)c1cn(C)c2ccccc12. The van der Waals surface area contributed by atoms with Gasteiger partial charge in [0, 0.05) is 36.7 Å². The van der Waals surface area contributed by atoms with Crippen molar-refractivity contribution < 1.29 is 0 Å². The maximum atomic E-state index is 5.74. The van der Waals surface area contributed by atoms with Crippen LogP contribution in [-0.2, 0) is 7.05 Å². The zero-order chi connectivity index (χ0) is 10.8. The smallest absolute Gasteiger partial charge is 0.0481 e. The van der Waals surface area contributed by atoms with Crippen molar-refractivity contribution >= 4 is 10.9 Å². The lowest BCUT2D eigenvalue weighted by molar-refractivity contribution is 0.608. The van der Waals surface area contributed by atoms with Gasteiger partial charge in [0.25, 0.3) is 0 Å². The van der Waals surface area contributed by atoms with Crippen molar-refractivity contribution in [3.8, 4) is 0 Å². The standard InChI is InChI=1S/C12H17N3/c1-14-11(7-13)10-8-15(2)12-6-4-3-5-9(10)12/h3-6,8,11,14H,7,13H2,1-2H3. The van der Waals surface area contributed by atoms with Gasteiger partial charge in [0.1, 0.15) is 0 Å². The van der Waals surface area contributed by atoms with E-state index in [1.165, 1.54) is 16.5 Å². The highest BCUT2D eigenvalue weighted by atomic mass is 14.9. The van der Waals surface area contributed by atoms with Crippen molar-refractivity contribution in [3.63, 3.8) is 0 Å². The molecule has 0 amide bonds. The fourth-order valence-electron chi connectivity index (χ4n) is 2.05. The van der Waals surface area contributed by atoms with E-state index < -0.39 is 0 Å². The molecular weight excluding hydrogens is 186 g/mol. The highest BCUT2D eigenvalue weighted by Crippen LogP contribution is 2.24. The van der Waals surface area contributed by atoms with Crippen LogP contribution in [0.5, 0.6) is 0 Å². The van der Waals surface area contributed by atoms with E-state index in [1.54, 1.807) is 0 Å². The van der Waals surface area contributed by atoms with E-state index >= 15 is 0 Å². The Balaban J connectivity index is 2.61. The van der Waals surface area contributed by atoms with Crippen molar-refractivity contribution in [2.24, 2.45) is 12.8 Å². The molecule has 1 atom stereocenters. The Hall–Kier alpha value is -1.32. The molecule has 0 aliphatic carbocycles. The molecule has 1 unspecified atom stereocenters. The highest BCUT2D eigenvalue weighted by Gasteiger charge is 2.13. The molecular formula is C12H17N3. The van der Waals surface area contributed by atoms with Crippen LogP contribution in [0.25, 0.3) is 10.9 Å². The number of aryl methyl sites for hydroxylation is 1. The predicted octanol–water partition coefficient (Wildman–Crippen LogP) is 1.40. The minimum atomic E-state index is 0.232. The summed E-state index contributed by atoms with van der Waals surface area (Å²) in [6.45, 7) is 0.616. The van der Waals surface area contributed by atoms with Crippen LogP contribution in [0.3, 0.4) is 0 Å². The first-order chi connectivity index (χ1) is 7.27. The Bertz CT molecular complexity index is 455. The maximum absolute atomic E-state index is 5.74. The number of aromatic nitrogens is 1. The summed E-state index contributed by atoms with van der Waals surface area (Å²) in [5, 5.41) is 4.52. The van der Waals surface area contributed by atoms with Crippen molar-refractivity contribution in [2.45, 2.75) is 6.04 Å². The summed E-state index contributed by atoms with van der Waals surface area (Å²) in [6.07, 6.45) is 2.15. The number of nitrogens with zero attached hydrogens (tertiary/aromatic N) is 1. The Morgan fingerprint density at radius 1 is 1.40 bits per heavy atom. The summed E-state index contributed by atoms with van der Waals surface area (Å²) in [6, 6.07) is 8.63. The summed E-state index contributed by atoms with van der Waals surface area (Å²) in [7, 11) is 4.01. The molecule has 3 nitrogen and oxygen atoms in total. The number of rotatable bonds is 3. The maximum Gasteiger partial charge on any atom is 0.0481 e. The first kappa shape index (κ1) is 10.2. The summed E-state index contributed by atoms with van der Waals surface area (Å²) in [5.74, 6) is 0. The molecule has 0 bridgehead atoms. The van der Waals surface area contributed by atoms with Crippen LogP contribution in [0.1, 0.15) is 11.6 Å². The fraction of sp³-hybridized carbons (Fsp3) is 0.333. The highest BCUT2D eigenvalue weighted by molar-refractivity contribution is 5.84. The molecule has 3 heteroatoms. The van der Waals surface area contributed by atoms with Crippen molar-refractivity contribution in [2.75, 3.05) is 13.6 Å². The second-order valence-electron chi connectivity index (χ2n) is 3.79. The number of benzene rings is 1. The second kappa shape index (κ2) is 4.04. The second-order valence-corrected chi connectivity index (χ2v) is 3.79. The van der Waals surface area contributed by atoms with Gasteiger partial charge in [0.2, 0.25) is 0 Å². The van der Waals surface area contributed by atoms with E-state index in [2.05, 4.69) is 47.4 Å². The van der Waals surface area contributed by atoms with E-state index in [4.69, 9.17) is 5.73 Å². The van der Waals surface area contributed by atoms with Crippen LogP contribution in [-0.4, -0.2) is 18.2 Å². The van der Waals surface area contributed by atoms with E-state index in [9.17, 15) is 0 Å². The lowest BCUT2D eigenvalue weighted by Crippen LogP contribution is -2.24. The Morgan fingerprint density at radius 3 is 2.80 bits per heavy atom. The van der Waals surface area contributed by atoms with E-state index in [0.29, 0.717) is 6.54 Å². The Morgan fingerprint density at radius 2 is 2.13 bits per heavy atom. The molecule has 1 aromatic carbocycles. The lowest BCUT2D eigenvalue weighted by atomic mass is 10.1. The third-order valence-electron chi connectivity index (χ3n) is 2.89. The largest absolute Gasteiger partial charge is 0.350 e. The summed E-state index contributed by atoms with van der Waals surface area (Å²) >= 11 is 0. The third-order valence-corrected chi connectivity index (χ3v) is 2.89. The van der Waals surface area contributed by atoms with Gasteiger partial charge in [-0.1, -0.05) is 18.2 Å². The molecule has 80 valence electrons. The molecule has 0 aliphatic heterocycles. The fourth-order valence-corrected chi connectivity index (χ4v) is 2.05. The van der Waals surface area contributed by atoms with Gasteiger partial charge in [-0.05, 0) is 18.7 Å². The van der Waals surface area contributed by atoms with Crippen molar-refractivity contribution in [1.29, 1.82) is 0 Å². The molecule has 0 saturated heterocycles. The van der Waals surface area contributed by atoms with Crippen LogP contribution in [0.15, 0.2) is 30.5 Å². The molecule has 1 heterocycles. The van der Waals surface area contributed by atoms with Gasteiger partial charge in [0.15, 0.2) is 0 Å². The zero-order valence-corrected chi connectivity index (χ0v) is 9.20. The lowest BCUT2D eigenvalue weighted by Gasteiger charge is -2.12.